The minimum Gasteiger partial charge on any atom is -0.398 e. The predicted octanol–water partition coefficient (Wildman–Crippen LogP) is 2.70. The number of nitrogens with one attached hydrogen (secondary N) is 1. The highest BCUT2D eigenvalue weighted by molar-refractivity contribution is 7.92. The molecule has 112 valence electrons. The summed E-state index contributed by atoms with van der Waals surface area (Å²) in [6.45, 7) is 7.22. The van der Waals surface area contributed by atoms with Gasteiger partial charge in [-0.2, -0.15) is 0 Å². The lowest BCUT2D eigenvalue weighted by Crippen LogP contribution is -2.17. The molecule has 1 aromatic carbocycles. The van der Waals surface area contributed by atoms with Gasteiger partial charge in [-0.05, 0) is 62.1 Å². The minimum atomic E-state index is -3.73. The molecule has 21 heavy (non-hydrogen) atoms. The number of hydrogen-bond donors (Lipinski definition) is 2. The molecule has 0 unspecified atom stereocenters. The van der Waals surface area contributed by atoms with E-state index in [1.807, 2.05) is 13.8 Å². The maximum atomic E-state index is 12.6. The fourth-order valence-corrected chi connectivity index (χ4v) is 3.74. The highest BCUT2D eigenvalue weighted by Gasteiger charge is 2.22. The molecule has 0 aliphatic carbocycles. The van der Waals surface area contributed by atoms with Crippen LogP contribution >= 0.6 is 0 Å². The maximum absolute atomic E-state index is 12.6. The third-order valence-electron chi connectivity index (χ3n) is 3.50. The zero-order valence-electron chi connectivity index (χ0n) is 12.6. The van der Waals surface area contributed by atoms with E-state index in [1.165, 1.54) is 0 Å². The lowest BCUT2D eigenvalue weighted by Gasteiger charge is -2.16. The van der Waals surface area contributed by atoms with Gasteiger partial charge in [0.25, 0.3) is 10.0 Å². The van der Waals surface area contributed by atoms with Gasteiger partial charge < -0.3 is 5.73 Å². The number of anilines is 2. The van der Waals surface area contributed by atoms with Crippen molar-refractivity contribution in [1.82, 2.24) is 4.98 Å². The van der Waals surface area contributed by atoms with Crippen LogP contribution in [0.1, 0.15) is 22.3 Å². The molecule has 5 nitrogen and oxygen atoms in total. The quantitative estimate of drug-likeness (QED) is 0.854. The molecule has 0 radical (unpaired) electrons. The first kappa shape index (κ1) is 15.3. The molecule has 0 atom stereocenters. The lowest BCUT2D eigenvalue weighted by atomic mass is 10.1. The predicted molar refractivity (Wildman–Crippen MR) is 84.8 cm³/mol. The van der Waals surface area contributed by atoms with Crippen molar-refractivity contribution in [2.24, 2.45) is 0 Å². The van der Waals surface area contributed by atoms with Gasteiger partial charge in [0, 0.05) is 11.9 Å². The SMILES string of the molecule is Cc1ccc(NS(=O)(=O)c2c(C)c(C)cc(N)c2C)nc1. The van der Waals surface area contributed by atoms with E-state index in [-0.39, 0.29) is 4.90 Å². The Morgan fingerprint density at radius 3 is 2.33 bits per heavy atom. The molecule has 0 bridgehead atoms. The largest absolute Gasteiger partial charge is 0.398 e. The van der Waals surface area contributed by atoms with Gasteiger partial charge in [-0.25, -0.2) is 13.4 Å². The van der Waals surface area contributed by atoms with Gasteiger partial charge in [-0.3, -0.25) is 4.72 Å². The van der Waals surface area contributed by atoms with Crippen molar-refractivity contribution in [2.45, 2.75) is 32.6 Å². The molecule has 0 saturated heterocycles. The van der Waals surface area contributed by atoms with Crippen LogP contribution in [-0.4, -0.2) is 13.4 Å². The van der Waals surface area contributed by atoms with Crippen LogP contribution in [0.2, 0.25) is 0 Å². The van der Waals surface area contributed by atoms with E-state index < -0.39 is 10.0 Å². The number of benzene rings is 1. The van der Waals surface area contributed by atoms with Gasteiger partial charge in [0.2, 0.25) is 0 Å². The van der Waals surface area contributed by atoms with E-state index in [0.717, 1.165) is 11.1 Å². The summed E-state index contributed by atoms with van der Waals surface area (Å²) >= 11 is 0. The number of aromatic nitrogens is 1. The highest BCUT2D eigenvalue weighted by Crippen LogP contribution is 2.29. The van der Waals surface area contributed by atoms with Crippen molar-refractivity contribution < 1.29 is 8.42 Å². The number of pyridine rings is 1. The Morgan fingerprint density at radius 2 is 1.76 bits per heavy atom. The first-order valence-electron chi connectivity index (χ1n) is 6.54. The Morgan fingerprint density at radius 1 is 1.10 bits per heavy atom. The molecule has 0 amide bonds. The molecule has 2 aromatic rings. The third kappa shape index (κ3) is 3.00. The van der Waals surface area contributed by atoms with E-state index in [0.29, 0.717) is 22.6 Å². The second-order valence-electron chi connectivity index (χ2n) is 5.19. The van der Waals surface area contributed by atoms with Crippen LogP contribution in [0.5, 0.6) is 0 Å². The molecule has 1 aromatic heterocycles. The van der Waals surface area contributed by atoms with Crippen molar-refractivity contribution in [3.05, 3.63) is 46.6 Å². The number of nitrogen functional groups attached to an aromatic ring is 1. The summed E-state index contributed by atoms with van der Waals surface area (Å²) in [5, 5.41) is 0. The molecule has 2 rings (SSSR count). The molecule has 0 saturated carbocycles. The topological polar surface area (TPSA) is 85.1 Å². The maximum Gasteiger partial charge on any atom is 0.263 e. The minimum absolute atomic E-state index is 0.224. The second kappa shape index (κ2) is 5.37. The molecule has 1 heterocycles. The third-order valence-corrected chi connectivity index (χ3v) is 5.12. The van der Waals surface area contributed by atoms with Crippen molar-refractivity contribution in [3.63, 3.8) is 0 Å². The number of sulfonamides is 1. The van der Waals surface area contributed by atoms with Crippen LogP contribution in [0.15, 0.2) is 29.3 Å². The number of aryl methyl sites for hydroxylation is 2. The number of nitrogens with two attached hydrogens (primary N) is 1. The average Bonchev–Trinajstić information content (AvgIpc) is 2.39. The molecular formula is C15H19N3O2S. The Bertz CT molecular complexity index is 755. The highest BCUT2D eigenvalue weighted by atomic mass is 32.2. The first-order chi connectivity index (χ1) is 9.72. The van der Waals surface area contributed by atoms with Gasteiger partial charge in [0.1, 0.15) is 5.82 Å². The summed E-state index contributed by atoms with van der Waals surface area (Å²) in [7, 11) is -3.73. The summed E-state index contributed by atoms with van der Waals surface area (Å²) in [4.78, 5) is 4.30. The van der Waals surface area contributed by atoms with Crippen molar-refractivity contribution >= 4 is 21.5 Å². The summed E-state index contributed by atoms with van der Waals surface area (Å²) in [6.07, 6.45) is 1.61. The molecule has 0 spiro atoms. The summed E-state index contributed by atoms with van der Waals surface area (Å²) in [5.41, 5.74) is 9.42. The number of rotatable bonds is 3. The van der Waals surface area contributed by atoms with Crippen molar-refractivity contribution in [3.8, 4) is 0 Å². The standard InChI is InChI=1S/C15H19N3O2S/c1-9-5-6-14(17-8-9)18-21(19,20)15-11(3)10(2)7-13(16)12(15)4/h5-8H,16H2,1-4H3,(H,17,18). The summed E-state index contributed by atoms with van der Waals surface area (Å²) in [5.74, 6) is 0.291. The fourth-order valence-electron chi connectivity index (χ4n) is 2.16. The zero-order chi connectivity index (χ0) is 15.8. The van der Waals surface area contributed by atoms with Gasteiger partial charge in [-0.1, -0.05) is 6.07 Å². The van der Waals surface area contributed by atoms with Crippen LogP contribution in [-0.2, 0) is 10.0 Å². The molecule has 3 N–H and O–H groups in total. The Balaban J connectivity index is 2.52. The number of hydrogen-bond acceptors (Lipinski definition) is 4. The monoisotopic (exact) mass is 305 g/mol. The Kier molecular flexibility index (Phi) is 3.91. The van der Waals surface area contributed by atoms with Gasteiger partial charge >= 0.3 is 0 Å². The van der Waals surface area contributed by atoms with E-state index in [4.69, 9.17) is 5.73 Å². The lowest BCUT2D eigenvalue weighted by molar-refractivity contribution is 0.599. The molecule has 0 fully saturated rings. The van der Waals surface area contributed by atoms with Crippen molar-refractivity contribution in [2.75, 3.05) is 10.5 Å². The molecule has 0 aliphatic heterocycles. The van der Waals surface area contributed by atoms with Crippen LogP contribution in [0.4, 0.5) is 11.5 Å². The molecular weight excluding hydrogens is 286 g/mol. The summed E-state index contributed by atoms with van der Waals surface area (Å²) in [6, 6.07) is 5.22. The Labute approximate surface area is 125 Å². The zero-order valence-corrected chi connectivity index (χ0v) is 13.4. The van der Waals surface area contributed by atoms with Crippen LogP contribution in [0, 0.1) is 27.7 Å². The Hall–Kier alpha value is -2.08. The fraction of sp³-hybridized carbons (Fsp3) is 0.267. The first-order valence-corrected chi connectivity index (χ1v) is 8.02. The van der Waals surface area contributed by atoms with E-state index in [9.17, 15) is 8.42 Å². The van der Waals surface area contributed by atoms with E-state index >= 15 is 0 Å². The van der Waals surface area contributed by atoms with Gasteiger partial charge in [0.05, 0.1) is 4.90 Å². The van der Waals surface area contributed by atoms with Crippen LogP contribution in [0.3, 0.4) is 0 Å². The van der Waals surface area contributed by atoms with Gasteiger partial charge in [0.15, 0.2) is 0 Å². The van der Waals surface area contributed by atoms with Crippen LogP contribution in [0.25, 0.3) is 0 Å². The smallest absolute Gasteiger partial charge is 0.263 e. The van der Waals surface area contributed by atoms with E-state index in [2.05, 4.69) is 9.71 Å². The second-order valence-corrected chi connectivity index (χ2v) is 6.81. The van der Waals surface area contributed by atoms with Gasteiger partial charge in [-0.15, -0.1) is 0 Å². The van der Waals surface area contributed by atoms with E-state index in [1.54, 1.807) is 38.2 Å². The average molecular weight is 305 g/mol. The molecule has 0 aliphatic rings. The summed E-state index contributed by atoms with van der Waals surface area (Å²) < 4.78 is 27.8. The normalized spacial score (nSPS) is 11.4. The number of nitrogens with zero attached hydrogens (tertiary/aromatic N) is 1. The van der Waals surface area contributed by atoms with Crippen LogP contribution < -0.4 is 10.5 Å². The molecule has 6 heteroatoms. The van der Waals surface area contributed by atoms with Crippen molar-refractivity contribution in [1.29, 1.82) is 0 Å².